The number of rotatable bonds is 5. The van der Waals surface area contributed by atoms with Gasteiger partial charge < -0.3 is 24.2 Å². The van der Waals surface area contributed by atoms with E-state index in [0.717, 1.165) is 19.3 Å². The van der Waals surface area contributed by atoms with Crippen molar-refractivity contribution in [3.05, 3.63) is 47.1 Å². The molecule has 1 aromatic heterocycles. The minimum Gasteiger partial charge on any atom is -0.488 e. The number of pyridine rings is 1. The lowest BCUT2D eigenvalue weighted by atomic mass is 10.1. The quantitative estimate of drug-likeness (QED) is 0.809. The molecule has 1 fully saturated rings. The number of para-hydroxylation sites is 1. The highest BCUT2D eigenvalue weighted by Crippen LogP contribution is 2.42. The molecular formula is C20H21ClN2O5. The van der Waals surface area contributed by atoms with Gasteiger partial charge in [-0.15, -0.1) is 0 Å². The van der Waals surface area contributed by atoms with Gasteiger partial charge in [-0.2, -0.15) is 0 Å². The van der Waals surface area contributed by atoms with Gasteiger partial charge in [-0.25, -0.2) is 9.78 Å². The fraction of sp³-hybridized carbons (Fsp3) is 0.400. The third kappa shape index (κ3) is 3.78. The van der Waals surface area contributed by atoms with Crippen LogP contribution >= 0.6 is 11.6 Å². The number of nitrogens with zero attached hydrogens (tertiary/aromatic N) is 2. The van der Waals surface area contributed by atoms with Crippen molar-refractivity contribution in [3.8, 4) is 5.75 Å². The molecule has 2 aromatic rings. The Labute approximate surface area is 167 Å². The second-order valence-electron chi connectivity index (χ2n) is 6.73. The predicted molar refractivity (Wildman–Crippen MR) is 104 cm³/mol. The molecule has 4 rings (SSSR count). The summed E-state index contributed by atoms with van der Waals surface area (Å²) in [6.07, 6.45) is 4.40. The van der Waals surface area contributed by atoms with Crippen molar-refractivity contribution in [3.63, 3.8) is 0 Å². The van der Waals surface area contributed by atoms with E-state index in [1.165, 1.54) is 6.07 Å². The Balaban J connectivity index is 1.68. The van der Waals surface area contributed by atoms with Crippen molar-refractivity contribution in [2.24, 2.45) is 0 Å². The molecule has 2 atom stereocenters. The van der Waals surface area contributed by atoms with Crippen LogP contribution in [0.5, 0.6) is 5.75 Å². The van der Waals surface area contributed by atoms with Crippen LogP contribution in [0.2, 0.25) is 5.02 Å². The van der Waals surface area contributed by atoms with Crippen molar-refractivity contribution >= 4 is 29.1 Å². The van der Waals surface area contributed by atoms with Crippen LogP contribution in [0.1, 0.15) is 29.6 Å². The predicted octanol–water partition coefficient (Wildman–Crippen LogP) is 3.88. The number of benzene rings is 1. The van der Waals surface area contributed by atoms with Crippen LogP contribution in [0.25, 0.3) is 0 Å². The smallest absolute Gasteiger partial charge is 0.339 e. The number of aromatic carboxylic acids is 1. The number of hydrogen-bond donors (Lipinski definition) is 1. The van der Waals surface area contributed by atoms with E-state index in [0.29, 0.717) is 35.5 Å². The SMILES string of the molecule is O=C(O)c1cccc2c1OCC(COC1CCCCO1)N2c1ncccc1Cl. The molecule has 1 aromatic carbocycles. The molecule has 148 valence electrons. The fourth-order valence-electron chi connectivity index (χ4n) is 3.51. The topological polar surface area (TPSA) is 81.1 Å². The minimum absolute atomic E-state index is 0.101. The summed E-state index contributed by atoms with van der Waals surface area (Å²) in [6, 6.07) is 8.28. The number of carboxylic acids is 1. The molecule has 1 saturated heterocycles. The standard InChI is InChI=1S/C20H21ClN2O5/c21-15-6-4-9-22-19(15)23-13(11-27-17-8-1-2-10-26-17)12-28-18-14(20(24)25)5-3-7-16(18)23/h3-7,9,13,17H,1-2,8,10-12H2,(H,24,25). The zero-order chi connectivity index (χ0) is 19.5. The molecule has 2 aliphatic rings. The fourth-order valence-corrected chi connectivity index (χ4v) is 3.72. The maximum absolute atomic E-state index is 11.6. The summed E-state index contributed by atoms with van der Waals surface area (Å²) in [7, 11) is 0. The van der Waals surface area contributed by atoms with Crippen LogP contribution in [-0.2, 0) is 9.47 Å². The largest absolute Gasteiger partial charge is 0.488 e. The van der Waals surface area contributed by atoms with Gasteiger partial charge in [0.05, 0.1) is 23.4 Å². The highest BCUT2D eigenvalue weighted by Gasteiger charge is 2.34. The van der Waals surface area contributed by atoms with Crippen LogP contribution in [0.4, 0.5) is 11.5 Å². The highest BCUT2D eigenvalue weighted by molar-refractivity contribution is 6.33. The van der Waals surface area contributed by atoms with Gasteiger partial charge in [-0.1, -0.05) is 17.7 Å². The van der Waals surface area contributed by atoms with Gasteiger partial charge in [-0.3, -0.25) is 0 Å². The van der Waals surface area contributed by atoms with E-state index in [1.807, 2.05) is 4.90 Å². The summed E-state index contributed by atoms with van der Waals surface area (Å²) in [5.41, 5.74) is 0.703. The van der Waals surface area contributed by atoms with Gasteiger partial charge in [0.1, 0.15) is 12.2 Å². The average Bonchev–Trinajstić information content (AvgIpc) is 2.72. The zero-order valence-electron chi connectivity index (χ0n) is 15.2. The zero-order valence-corrected chi connectivity index (χ0v) is 16.0. The van der Waals surface area contributed by atoms with E-state index in [2.05, 4.69) is 4.98 Å². The van der Waals surface area contributed by atoms with Crippen LogP contribution in [0.15, 0.2) is 36.5 Å². The molecule has 7 nitrogen and oxygen atoms in total. The summed E-state index contributed by atoms with van der Waals surface area (Å²) in [5.74, 6) is -0.203. The van der Waals surface area contributed by atoms with E-state index in [9.17, 15) is 9.90 Å². The number of aromatic nitrogens is 1. The third-order valence-electron chi connectivity index (χ3n) is 4.85. The van der Waals surface area contributed by atoms with Gasteiger partial charge >= 0.3 is 5.97 Å². The normalized spacial score (nSPS) is 21.7. The van der Waals surface area contributed by atoms with Crippen molar-refractivity contribution < 1.29 is 24.1 Å². The first-order chi connectivity index (χ1) is 13.6. The highest BCUT2D eigenvalue weighted by atomic mass is 35.5. The van der Waals surface area contributed by atoms with Crippen molar-refractivity contribution in [2.75, 3.05) is 24.7 Å². The Morgan fingerprint density at radius 3 is 2.96 bits per heavy atom. The van der Waals surface area contributed by atoms with Crippen molar-refractivity contribution in [2.45, 2.75) is 31.6 Å². The molecule has 0 bridgehead atoms. The lowest BCUT2D eigenvalue weighted by molar-refractivity contribution is -0.165. The van der Waals surface area contributed by atoms with Gasteiger partial charge in [0, 0.05) is 12.8 Å². The van der Waals surface area contributed by atoms with Gasteiger partial charge in [0.15, 0.2) is 17.9 Å². The Kier molecular flexibility index (Phi) is 5.66. The number of halogens is 1. The maximum Gasteiger partial charge on any atom is 0.339 e. The summed E-state index contributed by atoms with van der Waals surface area (Å²) >= 11 is 6.41. The minimum atomic E-state index is -1.05. The molecule has 2 aliphatic heterocycles. The third-order valence-corrected chi connectivity index (χ3v) is 5.14. The first kappa shape index (κ1) is 19.0. The Morgan fingerprint density at radius 1 is 1.32 bits per heavy atom. The summed E-state index contributed by atoms with van der Waals surface area (Å²) in [5, 5.41) is 9.98. The van der Waals surface area contributed by atoms with E-state index in [1.54, 1.807) is 30.5 Å². The molecule has 0 amide bonds. The van der Waals surface area contributed by atoms with Gasteiger partial charge in [0.2, 0.25) is 0 Å². The number of anilines is 2. The Bertz CT molecular complexity index is 856. The number of hydrogen-bond acceptors (Lipinski definition) is 6. The van der Waals surface area contributed by atoms with E-state index in [4.69, 9.17) is 25.8 Å². The van der Waals surface area contributed by atoms with Crippen LogP contribution in [0.3, 0.4) is 0 Å². The Morgan fingerprint density at radius 2 is 2.21 bits per heavy atom. The number of carboxylic acid groups (broad SMARTS) is 1. The molecule has 0 radical (unpaired) electrons. The molecule has 2 unspecified atom stereocenters. The van der Waals surface area contributed by atoms with E-state index in [-0.39, 0.29) is 24.5 Å². The molecule has 3 heterocycles. The van der Waals surface area contributed by atoms with Crippen molar-refractivity contribution in [1.29, 1.82) is 0 Å². The van der Waals surface area contributed by atoms with Crippen LogP contribution in [0, 0.1) is 0 Å². The summed E-state index contributed by atoms with van der Waals surface area (Å²) in [4.78, 5) is 17.9. The molecule has 0 saturated carbocycles. The van der Waals surface area contributed by atoms with Crippen LogP contribution < -0.4 is 9.64 Å². The average molecular weight is 405 g/mol. The van der Waals surface area contributed by atoms with Gasteiger partial charge in [0.25, 0.3) is 0 Å². The van der Waals surface area contributed by atoms with Crippen LogP contribution in [-0.4, -0.2) is 48.2 Å². The summed E-state index contributed by atoms with van der Waals surface area (Å²) in [6.45, 7) is 1.29. The molecule has 28 heavy (non-hydrogen) atoms. The maximum atomic E-state index is 11.6. The number of carbonyl (C=O) groups is 1. The monoisotopic (exact) mass is 404 g/mol. The molecule has 0 aliphatic carbocycles. The summed E-state index contributed by atoms with van der Waals surface area (Å²) < 4.78 is 17.5. The molecular weight excluding hydrogens is 384 g/mol. The van der Waals surface area contributed by atoms with Crippen molar-refractivity contribution in [1.82, 2.24) is 4.98 Å². The second-order valence-corrected chi connectivity index (χ2v) is 7.14. The molecule has 1 N–H and O–H groups in total. The Hall–Kier alpha value is -2.35. The first-order valence-corrected chi connectivity index (χ1v) is 9.65. The van der Waals surface area contributed by atoms with E-state index >= 15 is 0 Å². The first-order valence-electron chi connectivity index (χ1n) is 9.27. The number of fused-ring (bicyclic) bond motifs is 1. The second kappa shape index (κ2) is 8.34. The molecule has 8 heteroatoms. The lowest BCUT2D eigenvalue weighted by Crippen LogP contribution is -2.45. The van der Waals surface area contributed by atoms with Gasteiger partial charge in [-0.05, 0) is 43.5 Å². The lowest BCUT2D eigenvalue weighted by Gasteiger charge is -2.39. The van der Waals surface area contributed by atoms with E-state index < -0.39 is 5.97 Å². The number of ether oxygens (including phenoxy) is 3. The molecule has 0 spiro atoms.